The second kappa shape index (κ2) is 5.72. The zero-order valence-corrected chi connectivity index (χ0v) is 15.8. The van der Waals surface area contributed by atoms with Crippen LogP contribution in [0.4, 0.5) is 0 Å². The van der Waals surface area contributed by atoms with Gasteiger partial charge >= 0.3 is 18.9 Å². The number of allylic oxidation sites excluding steroid dienone is 2. The Morgan fingerprint density at radius 2 is 1.90 bits per heavy atom. The molecule has 0 N–H and O–H groups in total. The third-order valence-electron chi connectivity index (χ3n) is 5.02. The Morgan fingerprint density at radius 1 is 1.33 bits per heavy atom. The van der Waals surface area contributed by atoms with Crippen molar-refractivity contribution in [3.05, 3.63) is 23.4 Å². The molecule has 0 saturated heterocycles. The summed E-state index contributed by atoms with van der Waals surface area (Å²) >= 11 is 0. The van der Waals surface area contributed by atoms with Crippen LogP contribution >= 0.6 is 0 Å². The number of hydrogen-bond donors (Lipinski definition) is 0. The largest absolute Gasteiger partial charge is 1.00 e. The van der Waals surface area contributed by atoms with Crippen LogP contribution in [-0.2, 0) is 9.16 Å². The average molecular weight is 302 g/mol. The number of rotatable bonds is 2. The van der Waals surface area contributed by atoms with E-state index in [0.29, 0.717) is 6.42 Å². The zero-order valence-electron chi connectivity index (χ0n) is 14.8. The molecule has 0 aromatic carbocycles. The van der Waals surface area contributed by atoms with Crippen LogP contribution in [0.3, 0.4) is 0 Å². The molecular formula is C16H27LiO3Si. The van der Waals surface area contributed by atoms with Crippen molar-refractivity contribution in [2.75, 3.05) is 0 Å². The molecule has 1 aliphatic carbocycles. The molecule has 0 aromatic heterocycles. The van der Waals surface area contributed by atoms with Crippen LogP contribution in [0.5, 0.6) is 0 Å². The van der Waals surface area contributed by atoms with Crippen molar-refractivity contribution in [2.24, 2.45) is 5.92 Å². The molecule has 2 rings (SSSR count). The summed E-state index contributed by atoms with van der Waals surface area (Å²) in [4.78, 5) is 0. The average Bonchev–Trinajstić information content (AvgIpc) is 2.47. The van der Waals surface area contributed by atoms with Gasteiger partial charge in [-0.2, -0.15) is 0 Å². The van der Waals surface area contributed by atoms with E-state index in [4.69, 9.17) is 9.16 Å². The molecule has 0 spiro atoms. The van der Waals surface area contributed by atoms with Gasteiger partial charge in [0.05, 0.1) is 11.7 Å². The van der Waals surface area contributed by atoms with E-state index in [9.17, 15) is 5.11 Å². The Hall–Kier alpha value is -0.306. The molecule has 2 aliphatic rings. The van der Waals surface area contributed by atoms with Crippen LogP contribution in [0.1, 0.15) is 47.5 Å². The van der Waals surface area contributed by atoms with E-state index in [-0.39, 0.29) is 41.4 Å². The normalized spacial score (nSPS) is 24.7. The minimum Gasteiger partial charge on any atom is -0.607 e. The summed E-state index contributed by atoms with van der Waals surface area (Å²) in [6.07, 6.45) is 3.63. The summed E-state index contributed by atoms with van der Waals surface area (Å²) in [5.74, 6) is 1.05. The predicted octanol–water partition coefficient (Wildman–Crippen LogP) is 0.687. The van der Waals surface area contributed by atoms with E-state index >= 15 is 0 Å². The van der Waals surface area contributed by atoms with Crippen LogP contribution < -0.4 is 24.0 Å². The maximum Gasteiger partial charge on any atom is 1.00 e. The Morgan fingerprint density at radius 3 is 2.43 bits per heavy atom. The SMILES string of the molecule is CC1(C)OC([O-])=C2CC(O[Si](C)(C)C(C)(C)C)=CC[C@H]21.[Li+]. The Balaban J connectivity index is 0.00000220. The van der Waals surface area contributed by atoms with Crippen molar-refractivity contribution in [3.63, 3.8) is 0 Å². The Kier molecular flexibility index (Phi) is 5.10. The fraction of sp³-hybridized carbons (Fsp3) is 0.750. The molecule has 1 atom stereocenters. The van der Waals surface area contributed by atoms with Crippen LogP contribution in [0.15, 0.2) is 23.4 Å². The van der Waals surface area contributed by atoms with E-state index in [1.807, 2.05) is 13.8 Å². The molecule has 3 nitrogen and oxygen atoms in total. The minimum atomic E-state index is -1.83. The van der Waals surface area contributed by atoms with Gasteiger partial charge in [0.2, 0.25) is 8.32 Å². The zero-order chi connectivity index (χ0) is 15.3. The molecule has 0 amide bonds. The molecule has 114 valence electrons. The van der Waals surface area contributed by atoms with E-state index in [2.05, 4.69) is 39.9 Å². The summed E-state index contributed by atoms with van der Waals surface area (Å²) in [6, 6.07) is 0. The van der Waals surface area contributed by atoms with Crippen LogP contribution in [0.2, 0.25) is 18.1 Å². The minimum absolute atomic E-state index is 0. The number of ether oxygens (including phenoxy) is 1. The molecule has 0 bridgehead atoms. The Bertz CT molecular complexity index is 472. The van der Waals surface area contributed by atoms with Crippen LogP contribution in [-0.4, -0.2) is 13.9 Å². The predicted molar refractivity (Wildman–Crippen MR) is 81.3 cm³/mol. The van der Waals surface area contributed by atoms with Gasteiger partial charge in [0.15, 0.2) is 0 Å². The van der Waals surface area contributed by atoms with Gasteiger partial charge < -0.3 is 14.3 Å². The molecule has 21 heavy (non-hydrogen) atoms. The first-order valence-electron chi connectivity index (χ1n) is 7.41. The van der Waals surface area contributed by atoms with Crippen LogP contribution in [0, 0.1) is 5.92 Å². The quantitative estimate of drug-likeness (QED) is 0.705. The Labute approximate surface area is 142 Å². The first-order valence-corrected chi connectivity index (χ1v) is 10.3. The van der Waals surface area contributed by atoms with Crippen molar-refractivity contribution in [1.29, 1.82) is 0 Å². The fourth-order valence-electron chi connectivity index (χ4n) is 2.63. The van der Waals surface area contributed by atoms with Gasteiger partial charge in [0.25, 0.3) is 0 Å². The summed E-state index contributed by atoms with van der Waals surface area (Å²) in [5.41, 5.74) is 0.525. The van der Waals surface area contributed by atoms with Crippen molar-refractivity contribution in [3.8, 4) is 0 Å². The topological polar surface area (TPSA) is 41.5 Å². The van der Waals surface area contributed by atoms with E-state index in [0.717, 1.165) is 17.8 Å². The smallest absolute Gasteiger partial charge is 0.607 e. The molecule has 0 unspecified atom stereocenters. The second-order valence-electron chi connectivity index (χ2n) is 8.02. The van der Waals surface area contributed by atoms with Gasteiger partial charge in [-0.1, -0.05) is 20.8 Å². The molecule has 0 aromatic rings. The maximum absolute atomic E-state index is 12.0. The molecule has 0 saturated carbocycles. The third-order valence-corrected chi connectivity index (χ3v) is 9.40. The van der Waals surface area contributed by atoms with E-state index in [1.54, 1.807) is 0 Å². The van der Waals surface area contributed by atoms with Gasteiger partial charge in [0.1, 0.15) is 0 Å². The summed E-state index contributed by atoms with van der Waals surface area (Å²) < 4.78 is 11.8. The second-order valence-corrected chi connectivity index (χ2v) is 12.7. The molecule has 5 heteroatoms. The summed E-state index contributed by atoms with van der Waals surface area (Å²) in [5, 5.41) is 12.2. The molecule has 0 radical (unpaired) electrons. The first kappa shape index (κ1) is 18.7. The molecule has 1 aliphatic heterocycles. The van der Waals surface area contributed by atoms with E-state index in [1.165, 1.54) is 0 Å². The van der Waals surface area contributed by atoms with Gasteiger partial charge in [-0.3, -0.25) is 0 Å². The van der Waals surface area contributed by atoms with Crippen molar-refractivity contribution < 1.29 is 33.1 Å². The third kappa shape index (κ3) is 3.55. The van der Waals surface area contributed by atoms with Crippen molar-refractivity contribution in [1.82, 2.24) is 0 Å². The van der Waals surface area contributed by atoms with Gasteiger partial charge in [-0.25, -0.2) is 0 Å². The van der Waals surface area contributed by atoms with Gasteiger partial charge in [0, 0.05) is 17.9 Å². The number of hydrogen-bond acceptors (Lipinski definition) is 3. The summed E-state index contributed by atoms with van der Waals surface area (Å²) in [7, 11) is -1.83. The van der Waals surface area contributed by atoms with Crippen LogP contribution in [0.25, 0.3) is 0 Å². The van der Waals surface area contributed by atoms with E-state index < -0.39 is 8.32 Å². The first-order chi connectivity index (χ1) is 8.94. The standard InChI is InChI=1S/C16H28O3Si.Li/c1-15(2,3)20(6,7)19-11-8-9-13-12(10-11)14(17)18-16(13,4)5;/h8,13,17H,9-10H2,1-7H3;/q;+1/p-1/t13-;/m1./s1. The summed E-state index contributed by atoms with van der Waals surface area (Å²) in [6.45, 7) is 15.2. The molecular weight excluding hydrogens is 275 g/mol. The van der Waals surface area contributed by atoms with Crippen molar-refractivity contribution in [2.45, 2.75) is 71.2 Å². The van der Waals surface area contributed by atoms with Crippen molar-refractivity contribution >= 4 is 8.32 Å². The molecule has 1 heterocycles. The monoisotopic (exact) mass is 302 g/mol. The molecule has 0 fully saturated rings. The maximum atomic E-state index is 12.0. The fourth-order valence-corrected chi connectivity index (χ4v) is 3.74. The number of fused-ring (bicyclic) bond motifs is 1. The van der Waals surface area contributed by atoms with Gasteiger partial charge in [-0.05, 0) is 50.0 Å². The van der Waals surface area contributed by atoms with Gasteiger partial charge in [-0.15, -0.1) is 0 Å².